The quantitative estimate of drug-likeness (QED) is 0.0373. The monoisotopic (exact) mass is 1150 g/mol. The Morgan fingerprint density at radius 3 is 0.714 bits per heavy atom. The molecule has 0 aliphatic rings. The lowest BCUT2D eigenvalue weighted by molar-refractivity contribution is -0.161. The Morgan fingerprint density at radius 1 is 0.274 bits per heavy atom. The summed E-state index contributed by atoms with van der Waals surface area (Å²) in [5, 5.41) is 9.70. The summed E-state index contributed by atoms with van der Waals surface area (Å²) in [6.07, 6.45) is 113. The first-order valence-corrected chi connectivity index (χ1v) is 34.3. The molecule has 0 aromatic rings. The maximum Gasteiger partial charge on any atom is 0.306 e. The first kappa shape index (κ1) is 79.0. The number of allylic oxidation sites excluding steroid dienone is 30. The average Bonchev–Trinajstić information content (AvgIpc) is 3.51. The van der Waals surface area contributed by atoms with E-state index in [4.69, 9.17) is 9.47 Å². The molecule has 84 heavy (non-hydrogen) atoms. The van der Waals surface area contributed by atoms with Crippen molar-refractivity contribution < 1.29 is 24.2 Å². The van der Waals surface area contributed by atoms with E-state index >= 15 is 0 Å². The highest BCUT2D eigenvalue weighted by molar-refractivity contribution is 5.70. The molecule has 0 rings (SSSR count). The van der Waals surface area contributed by atoms with E-state index in [1.807, 2.05) is 0 Å². The molecule has 5 nitrogen and oxygen atoms in total. The van der Waals surface area contributed by atoms with Crippen LogP contribution in [-0.4, -0.2) is 36.4 Å². The van der Waals surface area contributed by atoms with Crippen molar-refractivity contribution in [3.63, 3.8) is 0 Å². The van der Waals surface area contributed by atoms with Crippen molar-refractivity contribution >= 4 is 11.9 Å². The Kier molecular flexibility index (Phi) is 68.0. The average molecular weight is 1160 g/mol. The maximum absolute atomic E-state index is 12.4. The van der Waals surface area contributed by atoms with Crippen LogP contribution < -0.4 is 0 Å². The van der Waals surface area contributed by atoms with E-state index in [9.17, 15) is 14.7 Å². The standard InChI is InChI=1S/C79H126O5/c1-3-5-7-9-11-13-15-17-19-21-23-25-27-29-31-33-35-36-37-38-39-40-41-42-44-46-48-50-52-54-56-58-60-62-64-66-68-70-72-74-79(82)84-77(75-80)76-83-78(81)73-71-69-67-65-63-61-59-57-55-53-51-49-47-45-43-34-32-30-28-26-24-22-20-18-16-14-12-10-8-6-4-2/h5-8,11-14,17-20,23-26,29-32,35-36,38-39,41-43,45-46,48,77,80H,3-4,9-10,15-16,21-22,27-28,33-34,37,40,44,47,49-76H2,1-2H3/b7-5-,8-6-,13-11-,14-12-,19-17-,20-18-,25-23-,26-24-,31-29-,32-30-,36-35-,39-38-,42-41-,45-43-,48-46-. The molecular weight excluding hydrogens is 1030 g/mol. The summed E-state index contributed by atoms with van der Waals surface area (Å²) in [5.41, 5.74) is 0. The van der Waals surface area contributed by atoms with Crippen LogP contribution in [0.15, 0.2) is 182 Å². The summed E-state index contributed by atoms with van der Waals surface area (Å²) < 4.78 is 10.7. The van der Waals surface area contributed by atoms with Gasteiger partial charge in [-0.2, -0.15) is 0 Å². The predicted molar refractivity (Wildman–Crippen MR) is 370 cm³/mol. The number of ether oxygens (including phenoxy) is 2. The molecule has 0 aliphatic carbocycles. The lowest BCUT2D eigenvalue weighted by atomic mass is 10.0. The van der Waals surface area contributed by atoms with E-state index in [0.29, 0.717) is 12.8 Å². The van der Waals surface area contributed by atoms with Gasteiger partial charge in [0.2, 0.25) is 0 Å². The van der Waals surface area contributed by atoms with Gasteiger partial charge in [0.15, 0.2) is 6.10 Å². The minimum Gasteiger partial charge on any atom is -0.462 e. The maximum atomic E-state index is 12.4. The molecular formula is C79H126O5. The predicted octanol–water partition coefficient (Wildman–Crippen LogP) is 24.2. The molecule has 0 radical (unpaired) electrons. The molecule has 0 saturated heterocycles. The number of unbranched alkanes of at least 4 members (excludes halogenated alkanes) is 23. The van der Waals surface area contributed by atoms with Gasteiger partial charge in [0.05, 0.1) is 6.61 Å². The van der Waals surface area contributed by atoms with Crippen LogP contribution in [0.1, 0.15) is 284 Å². The number of aliphatic hydroxyl groups is 1. The van der Waals surface area contributed by atoms with Gasteiger partial charge < -0.3 is 14.6 Å². The number of carbonyl (C=O) groups is 2. The zero-order chi connectivity index (χ0) is 60.5. The van der Waals surface area contributed by atoms with Crippen molar-refractivity contribution in [1.29, 1.82) is 0 Å². The van der Waals surface area contributed by atoms with Crippen LogP contribution in [0, 0.1) is 0 Å². The molecule has 0 aromatic heterocycles. The Bertz CT molecular complexity index is 1890. The van der Waals surface area contributed by atoms with E-state index in [0.717, 1.165) is 135 Å². The van der Waals surface area contributed by atoms with Gasteiger partial charge in [-0.25, -0.2) is 0 Å². The second-order valence-corrected chi connectivity index (χ2v) is 22.1. The largest absolute Gasteiger partial charge is 0.462 e. The van der Waals surface area contributed by atoms with Gasteiger partial charge in [-0.15, -0.1) is 0 Å². The molecule has 0 bridgehead atoms. The van der Waals surface area contributed by atoms with Crippen LogP contribution in [0.4, 0.5) is 0 Å². The number of esters is 2. The molecule has 1 N–H and O–H groups in total. The minimum absolute atomic E-state index is 0.0772. The summed E-state index contributed by atoms with van der Waals surface area (Å²) >= 11 is 0. The van der Waals surface area contributed by atoms with Crippen LogP contribution in [0.2, 0.25) is 0 Å². The summed E-state index contributed by atoms with van der Waals surface area (Å²) in [4.78, 5) is 24.7. The first-order valence-electron chi connectivity index (χ1n) is 34.3. The Hall–Kier alpha value is -5.00. The van der Waals surface area contributed by atoms with Crippen LogP contribution in [-0.2, 0) is 19.1 Å². The molecule has 1 atom stereocenters. The zero-order valence-corrected chi connectivity index (χ0v) is 54.1. The third-order valence-corrected chi connectivity index (χ3v) is 14.2. The van der Waals surface area contributed by atoms with E-state index in [1.165, 1.54) is 122 Å². The smallest absolute Gasteiger partial charge is 0.306 e. The highest BCUT2D eigenvalue weighted by atomic mass is 16.6. The summed E-state index contributed by atoms with van der Waals surface area (Å²) in [6, 6.07) is 0. The van der Waals surface area contributed by atoms with Gasteiger partial charge in [0.1, 0.15) is 6.61 Å². The molecule has 0 aromatic carbocycles. The third-order valence-electron chi connectivity index (χ3n) is 14.2. The number of aliphatic hydroxyl groups excluding tert-OH is 1. The normalized spacial score (nSPS) is 13.4. The highest BCUT2D eigenvalue weighted by Crippen LogP contribution is 2.16. The van der Waals surface area contributed by atoms with E-state index in [2.05, 4.69) is 196 Å². The Morgan fingerprint density at radius 2 is 0.476 bits per heavy atom. The topological polar surface area (TPSA) is 72.8 Å². The van der Waals surface area contributed by atoms with Gasteiger partial charge in [-0.3, -0.25) is 9.59 Å². The number of carbonyl (C=O) groups excluding carboxylic acids is 2. The summed E-state index contributed by atoms with van der Waals surface area (Å²) in [7, 11) is 0. The van der Waals surface area contributed by atoms with Crippen LogP contribution in [0.25, 0.3) is 0 Å². The van der Waals surface area contributed by atoms with Crippen LogP contribution in [0.3, 0.4) is 0 Å². The van der Waals surface area contributed by atoms with E-state index in [-0.39, 0.29) is 25.2 Å². The molecule has 0 heterocycles. The number of hydrogen-bond donors (Lipinski definition) is 1. The Balaban J connectivity index is 3.56. The van der Waals surface area contributed by atoms with Gasteiger partial charge >= 0.3 is 11.9 Å². The van der Waals surface area contributed by atoms with E-state index < -0.39 is 6.10 Å². The fourth-order valence-corrected chi connectivity index (χ4v) is 9.14. The highest BCUT2D eigenvalue weighted by Gasteiger charge is 2.16. The first-order chi connectivity index (χ1) is 41.6. The lowest BCUT2D eigenvalue weighted by Crippen LogP contribution is -2.28. The zero-order valence-electron chi connectivity index (χ0n) is 54.1. The van der Waals surface area contributed by atoms with Crippen molar-refractivity contribution in [2.24, 2.45) is 0 Å². The molecule has 0 fully saturated rings. The second-order valence-electron chi connectivity index (χ2n) is 22.1. The molecule has 0 saturated carbocycles. The number of hydrogen-bond acceptors (Lipinski definition) is 5. The fourth-order valence-electron chi connectivity index (χ4n) is 9.14. The molecule has 0 aliphatic heterocycles. The lowest BCUT2D eigenvalue weighted by Gasteiger charge is -2.15. The van der Waals surface area contributed by atoms with E-state index in [1.54, 1.807) is 0 Å². The number of rotatable bonds is 61. The van der Waals surface area contributed by atoms with Crippen LogP contribution >= 0.6 is 0 Å². The molecule has 1 unspecified atom stereocenters. The minimum atomic E-state index is -0.789. The van der Waals surface area contributed by atoms with Gasteiger partial charge in [-0.1, -0.05) is 318 Å². The van der Waals surface area contributed by atoms with Crippen molar-refractivity contribution in [3.05, 3.63) is 182 Å². The fraction of sp³-hybridized carbons (Fsp3) is 0.595. The van der Waals surface area contributed by atoms with Crippen molar-refractivity contribution in [1.82, 2.24) is 0 Å². The van der Waals surface area contributed by atoms with Crippen molar-refractivity contribution in [2.45, 2.75) is 290 Å². The molecule has 0 amide bonds. The molecule has 472 valence electrons. The van der Waals surface area contributed by atoms with Gasteiger partial charge in [-0.05, 0) is 135 Å². The third kappa shape index (κ3) is 69.5. The second kappa shape index (κ2) is 72.3. The van der Waals surface area contributed by atoms with Gasteiger partial charge in [0, 0.05) is 12.8 Å². The molecule has 0 spiro atoms. The molecule has 5 heteroatoms. The van der Waals surface area contributed by atoms with Crippen LogP contribution in [0.5, 0.6) is 0 Å². The van der Waals surface area contributed by atoms with Crippen molar-refractivity contribution in [3.8, 4) is 0 Å². The van der Waals surface area contributed by atoms with Gasteiger partial charge in [0.25, 0.3) is 0 Å². The Labute approximate surface area is 518 Å². The summed E-state index contributed by atoms with van der Waals surface area (Å²) in [6.45, 7) is 3.91. The summed E-state index contributed by atoms with van der Waals surface area (Å²) in [5.74, 6) is -0.602. The SMILES string of the molecule is CC/C=C\C/C=C\C/C=C\C/C=C\C/C=C\C/C=C\C/C=C\C/C=C\C/C=C\CCCCCCCCCCCCCC(=O)OC(CO)COC(=O)CCCCCCCCCCCCCC/C=C\C/C=C\C/C=C\C/C=C\C/C=C\C/C=C\CC. The van der Waals surface area contributed by atoms with Crippen molar-refractivity contribution in [2.75, 3.05) is 13.2 Å².